The average molecular weight is 1590 g/mol. The van der Waals surface area contributed by atoms with Crippen molar-refractivity contribution in [2.75, 3.05) is 32.8 Å². The van der Waals surface area contributed by atoms with Crippen molar-refractivity contribution in [1.29, 1.82) is 0 Å². The first-order valence-corrected chi connectivity index (χ1v) is 39.2. The van der Waals surface area contributed by atoms with E-state index < -0.39 is 144 Å². The minimum atomic E-state index is -1.83. The maximum atomic E-state index is 15.2. The van der Waals surface area contributed by atoms with E-state index in [4.69, 9.17) is 17.3 Å². The zero-order valence-electron chi connectivity index (χ0n) is 65.3. The zero-order valence-corrected chi connectivity index (χ0v) is 66.1. The highest BCUT2D eigenvalue weighted by molar-refractivity contribution is 6.30. The number of primary amides is 1. The van der Waals surface area contributed by atoms with Crippen LogP contribution in [0, 0.1) is 5.92 Å². The van der Waals surface area contributed by atoms with E-state index in [0.29, 0.717) is 47.5 Å². The van der Waals surface area contributed by atoms with Crippen LogP contribution >= 0.6 is 11.6 Å². The van der Waals surface area contributed by atoms with Crippen molar-refractivity contribution in [2.45, 2.75) is 204 Å². The number of benzene rings is 3. The van der Waals surface area contributed by atoms with E-state index in [1.807, 2.05) is 70.2 Å². The second-order valence-corrected chi connectivity index (χ2v) is 29.6. The molecule has 10 atom stereocenters. The molecule has 1 fully saturated rings. The number of unbranched alkanes of at least 4 members (excludes halogenated alkanes) is 3. The van der Waals surface area contributed by atoms with Gasteiger partial charge in [-0.25, -0.2) is 0 Å². The molecule has 0 unspecified atom stereocenters. The summed E-state index contributed by atoms with van der Waals surface area (Å²) in [5.41, 5.74) is 7.46. The lowest BCUT2D eigenvalue weighted by Gasteiger charge is -2.31. The van der Waals surface area contributed by atoms with Gasteiger partial charge in [0.05, 0.1) is 6.61 Å². The summed E-state index contributed by atoms with van der Waals surface area (Å²) in [7, 11) is 0. The number of fused-ring (bicyclic) bond motifs is 1. The van der Waals surface area contributed by atoms with E-state index in [-0.39, 0.29) is 120 Å². The Hall–Kier alpha value is -11.3. The van der Waals surface area contributed by atoms with E-state index in [0.717, 1.165) is 10.8 Å². The molecule has 612 valence electrons. The lowest BCUT2D eigenvalue weighted by molar-refractivity contribution is -0.142. The van der Waals surface area contributed by atoms with Gasteiger partial charge in [0.25, 0.3) is 11.8 Å². The number of pyridine rings is 3. The quantitative estimate of drug-likeness (QED) is 0.0244. The fourth-order valence-electron chi connectivity index (χ4n) is 13.0. The molecule has 6 aromatic rings. The van der Waals surface area contributed by atoms with Crippen LogP contribution in [0.5, 0.6) is 0 Å². The molecule has 13 amide bonds. The third-order valence-electron chi connectivity index (χ3n) is 19.1. The van der Waals surface area contributed by atoms with Crippen LogP contribution in [0.2, 0.25) is 5.02 Å². The number of hydrogen-bond donors (Lipinski definition) is 14. The Balaban J connectivity index is 1.15. The summed E-state index contributed by atoms with van der Waals surface area (Å²) < 4.78 is 0. The molecule has 1 aliphatic rings. The lowest BCUT2D eigenvalue weighted by Crippen LogP contribution is -2.61. The first kappa shape index (κ1) is 89.9. The first-order valence-electron chi connectivity index (χ1n) is 38.8. The van der Waals surface area contributed by atoms with Crippen molar-refractivity contribution in [3.05, 3.63) is 173 Å². The molecule has 1 aliphatic heterocycles. The molecule has 0 radical (unpaired) electrons. The van der Waals surface area contributed by atoms with Crippen LogP contribution in [0.4, 0.5) is 0 Å². The highest BCUT2D eigenvalue weighted by Gasteiger charge is 2.40. The van der Waals surface area contributed by atoms with Crippen LogP contribution in [-0.2, 0) is 72.0 Å². The van der Waals surface area contributed by atoms with Crippen LogP contribution in [0.3, 0.4) is 0 Å². The number of aliphatic hydroxyl groups is 1. The molecule has 15 N–H and O–H groups in total. The monoisotopic (exact) mass is 1590 g/mol. The number of likely N-dealkylation sites (tertiary alicyclic amines) is 1. The summed E-state index contributed by atoms with van der Waals surface area (Å²) in [5, 5.41) is 46.7. The Morgan fingerprint density at radius 3 is 1.49 bits per heavy atom. The summed E-state index contributed by atoms with van der Waals surface area (Å²) in [5.74, 6) is -9.86. The van der Waals surface area contributed by atoms with Gasteiger partial charge in [0.15, 0.2) is 0 Å². The molecular formula is C82H108ClN17O14. The number of nitrogens with zero attached hydrogens (tertiary/aromatic N) is 4. The summed E-state index contributed by atoms with van der Waals surface area (Å²) >= 11 is 6.27. The first-order chi connectivity index (χ1) is 54.7. The van der Waals surface area contributed by atoms with Gasteiger partial charge < -0.3 is 79.5 Å². The smallest absolute Gasteiger partial charge is 0.269 e. The normalized spacial score (nSPS) is 14.9. The van der Waals surface area contributed by atoms with Gasteiger partial charge in [0.1, 0.15) is 71.8 Å². The highest BCUT2D eigenvalue weighted by atomic mass is 35.5. The van der Waals surface area contributed by atoms with Gasteiger partial charge >= 0.3 is 0 Å². The van der Waals surface area contributed by atoms with E-state index in [2.05, 4.69) is 78.8 Å². The predicted octanol–water partition coefficient (Wildman–Crippen LogP) is 2.99. The maximum absolute atomic E-state index is 15.2. The lowest BCUT2D eigenvalue weighted by atomic mass is 9.99. The molecule has 3 aromatic heterocycles. The van der Waals surface area contributed by atoms with E-state index in [9.17, 15) is 57.8 Å². The second-order valence-electron chi connectivity index (χ2n) is 29.1. The van der Waals surface area contributed by atoms with Crippen molar-refractivity contribution in [2.24, 2.45) is 11.7 Å². The predicted molar refractivity (Wildman–Crippen MR) is 428 cm³/mol. The SMILES string of the molecule is CC(=O)N[C@H](Cc1ccc2ccccc2c1)C(=O)N[C@H](Cc1ccc(Cl)cc1)C(=O)N[C@H](Cc1cccnc1)C(=O)N[C@@H](CO)C(=O)N[C@@H](CCCCNC(=O)c1ccccn1)C(=O)N[C@H](CCCCNC(=O)c1ccccn1)C(=O)N[C@@H](CC(C)C)C(=O)N[C@@H](CCCCNC(C)C)C(=O)N1CCC[C@H]1C(=O)N[C@H](C)C(N)=O. The summed E-state index contributed by atoms with van der Waals surface area (Å²) in [6, 6.07) is 19.2. The Bertz CT molecular complexity index is 4210. The fraction of sp³-hybridized carbons (Fsp3) is 0.463. The molecule has 7 rings (SSSR count). The van der Waals surface area contributed by atoms with Gasteiger partial charge in [0, 0.05) is 81.7 Å². The van der Waals surface area contributed by atoms with Crippen molar-refractivity contribution in [3.63, 3.8) is 0 Å². The number of hydrogen-bond acceptors (Lipinski definition) is 18. The molecule has 1 saturated heterocycles. The fourth-order valence-corrected chi connectivity index (χ4v) is 13.1. The second kappa shape index (κ2) is 46.6. The Labute approximate surface area is 669 Å². The molecule has 114 heavy (non-hydrogen) atoms. The summed E-state index contributed by atoms with van der Waals surface area (Å²) in [6.07, 6.45) is 7.96. The molecule has 4 heterocycles. The van der Waals surface area contributed by atoms with Crippen molar-refractivity contribution < 1.29 is 67.4 Å². The van der Waals surface area contributed by atoms with Crippen LogP contribution in [0.1, 0.15) is 156 Å². The third kappa shape index (κ3) is 30.0. The largest absolute Gasteiger partial charge is 0.394 e. The number of carbonyl (C=O) groups excluding carboxylic acids is 13. The average Bonchev–Trinajstić information content (AvgIpc) is 1.51. The topological polar surface area (TPSA) is 454 Å². The van der Waals surface area contributed by atoms with E-state index in [1.165, 1.54) is 55.7 Å². The Morgan fingerprint density at radius 1 is 0.491 bits per heavy atom. The van der Waals surface area contributed by atoms with Crippen molar-refractivity contribution in [3.8, 4) is 0 Å². The van der Waals surface area contributed by atoms with Gasteiger partial charge in [-0.2, -0.15) is 0 Å². The maximum Gasteiger partial charge on any atom is 0.269 e. The van der Waals surface area contributed by atoms with Crippen molar-refractivity contribution >= 4 is 99.2 Å². The van der Waals surface area contributed by atoms with Gasteiger partial charge in [-0.15, -0.1) is 0 Å². The number of aromatic nitrogens is 3. The minimum absolute atomic E-state index is 0.0274. The highest BCUT2D eigenvalue weighted by Crippen LogP contribution is 2.23. The zero-order chi connectivity index (χ0) is 82.6. The molecule has 31 nitrogen and oxygen atoms in total. The van der Waals surface area contributed by atoms with Gasteiger partial charge in [0.2, 0.25) is 65.0 Å². The van der Waals surface area contributed by atoms with Crippen LogP contribution in [-0.4, -0.2) is 201 Å². The number of nitrogens with two attached hydrogens (primary N) is 1. The third-order valence-corrected chi connectivity index (χ3v) is 19.3. The summed E-state index contributed by atoms with van der Waals surface area (Å²) in [4.78, 5) is 197. The van der Waals surface area contributed by atoms with Crippen LogP contribution < -0.4 is 69.5 Å². The van der Waals surface area contributed by atoms with Crippen molar-refractivity contribution in [1.82, 2.24) is 83.7 Å². The molecule has 0 aliphatic carbocycles. The van der Waals surface area contributed by atoms with E-state index in [1.54, 1.807) is 60.7 Å². The van der Waals surface area contributed by atoms with E-state index >= 15 is 9.59 Å². The Morgan fingerprint density at radius 2 is 0.965 bits per heavy atom. The Kier molecular flexibility index (Phi) is 36.8. The molecule has 0 saturated carbocycles. The van der Waals surface area contributed by atoms with Gasteiger partial charge in [-0.05, 0) is 166 Å². The van der Waals surface area contributed by atoms with Gasteiger partial charge in [-0.3, -0.25) is 77.3 Å². The number of halogens is 1. The van der Waals surface area contributed by atoms with Crippen LogP contribution in [0.15, 0.2) is 140 Å². The number of amides is 13. The number of rotatable bonds is 46. The summed E-state index contributed by atoms with van der Waals surface area (Å²) in [6.45, 7) is 10.2. The number of carbonyl (C=O) groups is 13. The standard InChI is InChI=1S/C82H108ClN17O14/c1-50(2)43-65(76(108)95-64(28-13-14-37-86-51(3)4)82(114)100-42-20-29-70(100)81(113)91-52(5)71(84)103)96-75(107)63(27-12-18-41-90-73(105)61-25-10-16-39-88-61)93-74(106)62(26-11-17-40-89-72(104)60-24-9-15-38-87-60)94-80(112)69(49-101)99-79(111)68(47-56-21-19-36-85-48-56)98-78(110)67(45-54-31-34-59(83)35-32-54)97-77(109)66(92-53(6)102)46-55-30-33-57-22-7-8-23-58(57)44-55/h7-10,15-16,19,21-25,30-36,38-39,44,48,50-52,62-70,86,101H,11-14,17-18,20,26-29,37,40-43,45-47,49H2,1-6H3,(H2,84,103)(H,89,104)(H,90,105)(H,91,113)(H,92,102)(H,93,106)(H,94,112)(H,95,108)(H,96,107)(H,97,109)(H,98,110)(H,99,111)/t52-,62+,63-,64+,65+,66-,67-,68-,69+,70+/m1/s1. The molecule has 0 spiro atoms. The number of aliphatic hydroxyl groups excluding tert-OH is 1. The van der Waals surface area contributed by atoms with Crippen LogP contribution in [0.25, 0.3) is 10.8 Å². The molecular weight excluding hydrogens is 1480 g/mol. The molecule has 32 heteroatoms. The minimum Gasteiger partial charge on any atom is -0.394 e. The molecule has 3 aromatic carbocycles. The number of nitrogens with one attached hydrogen (secondary N) is 12. The molecule has 0 bridgehead atoms. The van der Waals surface area contributed by atoms with Gasteiger partial charge in [-0.1, -0.05) is 112 Å².